The number of nitrogens with zero attached hydrogens (tertiary/aromatic N) is 4. The van der Waals surface area contributed by atoms with Crippen LogP contribution in [-0.4, -0.2) is 190 Å². The highest BCUT2D eigenvalue weighted by Gasteiger charge is 2.44. The van der Waals surface area contributed by atoms with Crippen LogP contribution in [0.15, 0.2) is 99.9 Å². The summed E-state index contributed by atoms with van der Waals surface area (Å²) in [7, 11) is -12.5. The predicted octanol–water partition coefficient (Wildman–Crippen LogP) is 9.12. The fourth-order valence-corrected chi connectivity index (χ4v) is 19.1. The number of ketones is 3. The van der Waals surface area contributed by atoms with Crippen molar-refractivity contribution in [3.05, 3.63) is 151 Å². The van der Waals surface area contributed by atoms with E-state index in [1.54, 1.807) is 18.9 Å². The van der Waals surface area contributed by atoms with Crippen molar-refractivity contribution < 1.29 is 114 Å². The molecule has 8 unspecified atom stereocenters. The average molecular weight is 1750 g/mol. The van der Waals surface area contributed by atoms with Gasteiger partial charge in [-0.25, -0.2) is 18.5 Å². The van der Waals surface area contributed by atoms with Gasteiger partial charge in [-0.3, -0.25) is 62.0 Å². The number of allylic oxidation sites excluding steroid dienone is 4. The summed E-state index contributed by atoms with van der Waals surface area (Å²) in [6.07, 6.45) is 5.99. The second-order valence-electron chi connectivity index (χ2n) is 29.1. The molecule has 1 fully saturated rings. The van der Waals surface area contributed by atoms with Gasteiger partial charge in [0.25, 0.3) is 17.7 Å². The lowest BCUT2D eigenvalue weighted by molar-refractivity contribution is -0.144. The lowest BCUT2D eigenvalue weighted by Gasteiger charge is -2.38. The number of carboxylic acid groups (broad SMARTS) is 2. The minimum atomic E-state index is -5.83. The highest BCUT2D eigenvalue weighted by molar-refractivity contribution is 8.76. The van der Waals surface area contributed by atoms with E-state index in [4.69, 9.17) is 25.2 Å². The molecule has 1 aromatic heterocycles. The summed E-state index contributed by atoms with van der Waals surface area (Å²) < 4.78 is 53.3. The van der Waals surface area contributed by atoms with Gasteiger partial charge in [0.15, 0.2) is 11.6 Å². The van der Waals surface area contributed by atoms with E-state index in [0.29, 0.717) is 68.7 Å². The molecular weight excluding hydrogens is 1640 g/mol. The predicted molar refractivity (Wildman–Crippen MR) is 445 cm³/mol. The second kappa shape index (κ2) is 47.0. The number of rotatable bonds is 49. The zero-order valence-corrected chi connectivity index (χ0v) is 71.5. The number of phosphoric ester groups is 1. The Bertz CT molecular complexity index is 4730. The summed E-state index contributed by atoms with van der Waals surface area (Å²) in [4.78, 5) is 191. The molecule has 0 saturated carbocycles. The molecule has 0 radical (unpaired) electrons. The molecule has 2 heterocycles. The van der Waals surface area contributed by atoms with Crippen LogP contribution >= 0.6 is 45.1 Å². The van der Waals surface area contributed by atoms with Crippen molar-refractivity contribution in [2.24, 2.45) is 16.8 Å². The van der Waals surface area contributed by atoms with E-state index in [1.807, 2.05) is 25.1 Å². The zero-order chi connectivity index (χ0) is 87.3. The number of aryl methyl sites for hydroxylation is 2. The van der Waals surface area contributed by atoms with Crippen LogP contribution < -0.4 is 32.7 Å². The first kappa shape index (κ1) is 97.5. The van der Waals surface area contributed by atoms with Crippen molar-refractivity contribution in [3.63, 3.8) is 0 Å². The lowest BCUT2D eigenvalue weighted by atomic mass is 9.65. The third-order valence-electron chi connectivity index (χ3n) is 20.0. The Kier molecular flexibility index (Phi) is 38.5. The number of anilines is 1. The van der Waals surface area contributed by atoms with Gasteiger partial charge in [-0.15, -0.1) is 0 Å². The maximum Gasteiger partial charge on any atom is 0.490 e. The Morgan fingerprint density at radius 1 is 0.773 bits per heavy atom. The molecule has 34 nitrogen and oxygen atoms in total. The van der Waals surface area contributed by atoms with Gasteiger partial charge in [-0.1, -0.05) is 115 Å². The molecule has 0 bridgehead atoms. The number of phosphoric acid groups is 3. The highest BCUT2D eigenvalue weighted by Crippen LogP contribution is 2.66. The molecule has 1 saturated heterocycles. The van der Waals surface area contributed by atoms with Crippen LogP contribution in [0, 0.1) is 30.6 Å². The number of carbonyl (C=O) groups excluding carboxylic acids is 8. The van der Waals surface area contributed by atoms with Crippen molar-refractivity contribution >= 4 is 115 Å². The van der Waals surface area contributed by atoms with Gasteiger partial charge >= 0.3 is 41.1 Å². The van der Waals surface area contributed by atoms with E-state index >= 15 is 0 Å². The Balaban J connectivity index is 0.876. The van der Waals surface area contributed by atoms with Crippen molar-refractivity contribution in [1.82, 2.24) is 35.7 Å². The van der Waals surface area contributed by atoms with E-state index in [1.165, 1.54) is 79.9 Å². The minimum Gasteiger partial charge on any atom is -0.481 e. The van der Waals surface area contributed by atoms with Crippen molar-refractivity contribution in [2.45, 2.75) is 199 Å². The molecule has 3 aromatic carbocycles. The smallest absolute Gasteiger partial charge is 0.481 e. The molecule has 2 aliphatic carbocycles. The number of benzene rings is 3. The van der Waals surface area contributed by atoms with Crippen molar-refractivity contribution in [1.29, 1.82) is 0 Å². The van der Waals surface area contributed by atoms with E-state index in [2.05, 4.69) is 102 Å². The van der Waals surface area contributed by atoms with Crippen LogP contribution in [0.2, 0.25) is 0 Å². The molecule has 1 aliphatic heterocycles. The third-order valence-corrected chi connectivity index (χ3v) is 26.3. The number of nitrogens with two attached hydrogens (primary N) is 1. The zero-order valence-electron chi connectivity index (χ0n) is 67.2. The van der Waals surface area contributed by atoms with Gasteiger partial charge in [-0.05, 0) is 136 Å². The van der Waals surface area contributed by atoms with Crippen molar-refractivity contribution in [3.8, 4) is 11.8 Å². The average Bonchev–Trinajstić information content (AvgIpc) is 0.919. The number of nitrogen functional groups attached to an aromatic ring is 1. The molecule has 13 N–H and O–H groups in total. The van der Waals surface area contributed by atoms with Crippen molar-refractivity contribution in [2.75, 3.05) is 57.1 Å². The first-order valence-corrected chi connectivity index (χ1v) is 46.3. The van der Waals surface area contributed by atoms with E-state index in [9.17, 15) is 91.5 Å². The van der Waals surface area contributed by atoms with Crippen LogP contribution in [0.3, 0.4) is 0 Å². The molecular formula is C80H106N9O25P3S2. The number of aliphatic hydroxyl groups excluding tert-OH is 1. The summed E-state index contributed by atoms with van der Waals surface area (Å²) in [6.45, 7) is 10.2. The number of carboxylic acids is 2. The number of Topliss-reactive ketones (excluding diaryl/α,β-unsaturated/α-hetero) is 3. The number of fused-ring (bicyclic) bond motifs is 2. The number of aliphatic imine (C=N–C) groups is 1. The normalized spacial score (nSPS) is 18.3. The summed E-state index contributed by atoms with van der Waals surface area (Å²) in [5.41, 5.74) is 15.2. The fraction of sp³-hybridized carbons (Fsp3) is 0.512. The largest absolute Gasteiger partial charge is 0.490 e. The van der Waals surface area contributed by atoms with Gasteiger partial charge in [0.1, 0.15) is 23.9 Å². The van der Waals surface area contributed by atoms with Crippen LogP contribution in [0.1, 0.15) is 220 Å². The number of hydrogen-bond acceptors (Lipinski definition) is 24. The molecule has 0 spiro atoms. The number of carbonyl (C=O) groups is 10. The molecule has 5 amide bonds. The van der Waals surface area contributed by atoms with Gasteiger partial charge in [-0.2, -0.15) is 13.6 Å². The SMILES string of the molecule is CCCc1cc2c(cc1C)C(c1ccccc1C(=O)N(C)CCCC(=O)NCCNC(=O)c1cccc(C(=O)NC(CCCSSCCC(=O)CCC#Cc3cn([C@H]4CC(O)[C@@H](COP(=O)(O)OP(=O)(O)OP(=O)(O)O)O4)c(=O)nc3N)C(=O)CCCCCCC(=O)NC(CC(=O)O)C(=O)CC(CC)C(=O)O)c1)C1C=C(C)C(=NCC)C=C1C2. The summed E-state index contributed by atoms with van der Waals surface area (Å²) >= 11 is 0. The molecule has 648 valence electrons. The number of hydrogen-bond donors (Lipinski definition) is 12. The summed E-state index contributed by atoms with van der Waals surface area (Å²) in [5.74, 6) is -0.812. The Hall–Kier alpha value is -8.62. The molecule has 119 heavy (non-hydrogen) atoms. The maximum atomic E-state index is 14.5. The van der Waals surface area contributed by atoms with Crippen LogP contribution in [0.4, 0.5) is 5.82 Å². The maximum absolute atomic E-state index is 14.5. The Labute approximate surface area is 697 Å². The number of amides is 5. The highest BCUT2D eigenvalue weighted by atomic mass is 33.1. The number of ether oxygens (including phenoxy) is 1. The van der Waals surface area contributed by atoms with Gasteiger partial charge in [0.05, 0.1) is 48.4 Å². The van der Waals surface area contributed by atoms with Crippen LogP contribution in [0.25, 0.3) is 0 Å². The molecule has 3 aliphatic rings. The number of aromatic nitrogens is 2. The van der Waals surface area contributed by atoms with E-state index in [0.717, 1.165) is 40.7 Å². The Morgan fingerprint density at radius 2 is 1.47 bits per heavy atom. The van der Waals surface area contributed by atoms with Gasteiger partial charge in [0.2, 0.25) is 11.8 Å². The monoisotopic (exact) mass is 1750 g/mol. The first-order chi connectivity index (χ1) is 56.4. The quantitative estimate of drug-likeness (QED) is 0.00848. The molecule has 4 aromatic rings. The summed E-state index contributed by atoms with van der Waals surface area (Å²) in [5, 5.41) is 40.2. The lowest BCUT2D eigenvalue weighted by Crippen LogP contribution is -2.43. The second-order valence-corrected chi connectivity index (χ2v) is 36.2. The third kappa shape index (κ3) is 31.1. The molecule has 7 rings (SSSR count). The van der Waals surface area contributed by atoms with Crippen LogP contribution in [0.5, 0.6) is 0 Å². The molecule has 10 atom stereocenters. The number of aliphatic carboxylic acids is 2. The standard InChI is InChI=1S/C80H106N9O25P3S2/c1-7-21-52-40-56-42-57-43-64(82-9-3)50(5)39-62(57)74(61(56)38-49(52)4)59-26-16-17-27-60(59)78(100)88(6)35-19-31-70(94)83-33-34-84-76(98)53-23-18-24-54(41-53)77(99)86-63(66(91)29-12-10-11-13-30-71(95)85-65(45-73(96)97)67(92)44-51(8-2)79(101)102)28-20-36-118-119-37-32-58(90)25-15-14-22-55-47-89(80(103)87-75(55)81)72-46-68(93)69(112-72)48-111-116(107,108)114-117(109,110)113-115(104,105)106/h16-18,23-24,26-27,38-41,43,47,51,62-63,65,68-69,72,74,93H,7-13,15,19-21,25,28-37,42,44-46,48H2,1-6H3,(H,83,94)(H,84,98)(H,85,95)(H,86,99)(H,96,97)(H,101,102)(H,107,108)(H,109,110)(H2,81,87,103)(H2,104,105,106)/t51?,62?,63?,65?,68?,69-,72-,74?/m1/s1. The first-order valence-electron chi connectivity index (χ1n) is 39.3. The minimum absolute atomic E-state index is 0.0310. The number of nitrogens with one attached hydrogen (secondary N) is 4. The number of aliphatic hydroxyl groups is 1. The fourth-order valence-electron chi connectivity index (χ4n) is 13.9. The van der Waals surface area contributed by atoms with Crippen LogP contribution in [-0.2, 0) is 78.0 Å². The van der Waals surface area contributed by atoms with E-state index in [-0.39, 0.29) is 129 Å². The van der Waals surface area contributed by atoms with E-state index < -0.39 is 120 Å². The number of unbranched alkanes of at least 4 members (excludes halogenated alkanes) is 3. The topological polar surface area (TPSA) is 525 Å². The molecule has 39 heteroatoms. The van der Waals surface area contributed by atoms with Gasteiger partial charge in [0, 0.05) is 131 Å². The summed E-state index contributed by atoms with van der Waals surface area (Å²) in [6, 6.07) is 16.0. The van der Waals surface area contributed by atoms with Gasteiger partial charge < -0.3 is 71.5 Å². The Morgan fingerprint density at radius 3 is 2.17 bits per heavy atom.